The number of rotatable bonds is 3. The molecule has 1 heterocycles. The Balaban J connectivity index is 2.77. The maximum atomic E-state index is 6.06. The minimum Gasteiger partial charge on any atom is -0.247 e. The van der Waals surface area contributed by atoms with Gasteiger partial charge in [0.25, 0.3) is 0 Å². The van der Waals surface area contributed by atoms with E-state index in [1.54, 1.807) is 18.0 Å². The first-order valence-corrected chi connectivity index (χ1v) is 6.53. The molecular formula is C10H13BrClNS. The maximum Gasteiger partial charge on any atom is 0.115 e. The summed E-state index contributed by atoms with van der Waals surface area (Å²) in [6, 6.07) is 1.88. The summed E-state index contributed by atoms with van der Waals surface area (Å²) in [7, 11) is 0. The van der Waals surface area contributed by atoms with Gasteiger partial charge in [-0.1, -0.05) is 32.4 Å². The Hall–Kier alpha value is 0.270. The molecule has 0 aliphatic rings. The van der Waals surface area contributed by atoms with E-state index in [0.29, 0.717) is 11.2 Å². The van der Waals surface area contributed by atoms with E-state index in [1.807, 2.05) is 6.07 Å². The first kappa shape index (κ1) is 12.3. The fraction of sp³-hybridized carbons (Fsp3) is 0.500. The number of nitrogens with zero attached hydrogens (tertiary/aromatic N) is 1. The van der Waals surface area contributed by atoms with Gasteiger partial charge in [-0.2, -0.15) is 0 Å². The van der Waals surface area contributed by atoms with Crippen LogP contribution in [-0.2, 0) is 0 Å². The van der Waals surface area contributed by atoms with Crippen LogP contribution in [-0.4, -0.2) is 10.2 Å². The van der Waals surface area contributed by atoms with Crippen LogP contribution in [0.15, 0.2) is 21.8 Å². The van der Waals surface area contributed by atoms with Crippen LogP contribution in [0.5, 0.6) is 0 Å². The molecule has 0 fully saturated rings. The Kier molecular flexibility index (Phi) is 4.74. The number of thioether (sulfide) groups is 1. The lowest BCUT2D eigenvalue weighted by molar-refractivity contribution is 0.641. The average molecular weight is 295 g/mol. The van der Waals surface area contributed by atoms with Crippen molar-refractivity contribution in [3.05, 3.63) is 21.8 Å². The standard InChI is InChI=1S/C10H13BrClNS/c1-6(2)7(3)14-10-9(12)4-8(11)5-13-10/h4-7H,1-3H3. The molecule has 0 aliphatic carbocycles. The highest BCUT2D eigenvalue weighted by molar-refractivity contribution is 9.10. The first-order valence-electron chi connectivity index (χ1n) is 4.48. The summed E-state index contributed by atoms with van der Waals surface area (Å²) in [6.07, 6.45) is 1.78. The predicted molar refractivity (Wildman–Crippen MR) is 67.1 cm³/mol. The van der Waals surface area contributed by atoms with Gasteiger partial charge < -0.3 is 0 Å². The van der Waals surface area contributed by atoms with Crippen LogP contribution in [0.2, 0.25) is 5.02 Å². The lowest BCUT2D eigenvalue weighted by Gasteiger charge is -2.14. The molecule has 0 radical (unpaired) electrons. The summed E-state index contributed by atoms with van der Waals surface area (Å²) in [5, 5.41) is 2.16. The minimum absolute atomic E-state index is 0.529. The number of pyridine rings is 1. The molecule has 1 nitrogen and oxygen atoms in total. The molecule has 1 atom stereocenters. The van der Waals surface area contributed by atoms with Crippen LogP contribution in [0.3, 0.4) is 0 Å². The number of hydrogen-bond acceptors (Lipinski definition) is 2. The van der Waals surface area contributed by atoms with Crippen LogP contribution < -0.4 is 0 Å². The minimum atomic E-state index is 0.529. The van der Waals surface area contributed by atoms with Gasteiger partial charge in [-0.05, 0) is 27.9 Å². The molecule has 78 valence electrons. The van der Waals surface area contributed by atoms with E-state index in [1.165, 1.54) is 0 Å². The molecule has 0 bridgehead atoms. The summed E-state index contributed by atoms with van der Waals surface area (Å²) in [5.74, 6) is 0.626. The van der Waals surface area contributed by atoms with E-state index < -0.39 is 0 Å². The SMILES string of the molecule is CC(C)C(C)Sc1ncc(Br)cc1Cl. The fourth-order valence-corrected chi connectivity index (χ4v) is 2.47. The van der Waals surface area contributed by atoms with Crippen molar-refractivity contribution in [2.24, 2.45) is 5.92 Å². The lowest BCUT2D eigenvalue weighted by atomic mass is 10.2. The molecule has 14 heavy (non-hydrogen) atoms. The van der Waals surface area contributed by atoms with Crippen molar-refractivity contribution in [2.45, 2.75) is 31.0 Å². The lowest BCUT2D eigenvalue weighted by Crippen LogP contribution is -2.05. The highest BCUT2D eigenvalue weighted by atomic mass is 79.9. The molecule has 0 aliphatic heterocycles. The smallest absolute Gasteiger partial charge is 0.115 e. The second-order valence-corrected chi connectivity index (χ2v) is 6.20. The summed E-state index contributed by atoms with van der Waals surface area (Å²) in [6.45, 7) is 6.59. The number of hydrogen-bond donors (Lipinski definition) is 0. The largest absolute Gasteiger partial charge is 0.247 e. The van der Waals surface area contributed by atoms with E-state index in [0.717, 1.165) is 14.5 Å². The molecular weight excluding hydrogens is 282 g/mol. The summed E-state index contributed by atoms with van der Waals surface area (Å²) in [4.78, 5) is 4.28. The second kappa shape index (κ2) is 5.38. The Bertz CT molecular complexity index is 317. The normalized spacial score (nSPS) is 13.3. The zero-order chi connectivity index (χ0) is 10.7. The highest BCUT2D eigenvalue weighted by Gasteiger charge is 2.12. The van der Waals surface area contributed by atoms with Gasteiger partial charge in [-0.25, -0.2) is 4.98 Å². The predicted octanol–water partition coefficient (Wildman–Crippen LogP) is 4.63. The van der Waals surface area contributed by atoms with Gasteiger partial charge in [0.1, 0.15) is 5.03 Å². The third-order valence-electron chi connectivity index (χ3n) is 2.01. The molecule has 0 saturated heterocycles. The van der Waals surface area contributed by atoms with Crippen LogP contribution in [0, 0.1) is 5.92 Å². The van der Waals surface area contributed by atoms with Gasteiger partial charge in [-0.15, -0.1) is 11.8 Å². The molecule has 0 saturated carbocycles. The van der Waals surface area contributed by atoms with Crippen LogP contribution >= 0.6 is 39.3 Å². The Morgan fingerprint density at radius 2 is 2.07 bits per heavy atom. The number of halogens is 2. The molecule has 1 rings (SSSR count). The summed E-state index contributed by atoms with van der Waals surface area (Å²) in [5.41, 5.74) is 0. The van der Waals surface area contributed by atoms with Crippen LogP contribution in [0.4, 0.5) is 0 Å². The van der Waals surface area contributed by atoms with E-state index in [9.17, 15) is 0 Å². The zero-order valence-corrected chi connectivity index (χ0v) is 11.6. The Morgan fingerprint density at radius 1 is 1.43 bits per heavy atom. The molecule has 1 aromatic rings. The maximum absolute atomic E-state index is 6.06. The molecule has 0 amide bonds. The van der Waals surface area contributed by atoms with E-state index in [-0.39, 0.29) is 0 Å². The highest BCUT2D eigenvalue weighted by Crippen LogP contribution is 2.32. The molecule has 4 heteroatoms. The molecule has 0 N–H and O–H groups in total. The summed E-state index contributed by atoms with van der Waals surface area (Å²) < 4.78 is 0.920. The monoisotopic (exact) mass is 293 g/mol. The van der Waals surface area contributed by atoms with Gasteiger partial charge in [0.15, 0.2) is 0 Å². The van der Waals surface area contributed by atoms with Gasteiger partial charge in [0.05, 0.1) is 5.02 Å². The van der Waals surface area contributed by atoms with Crippen molar-refractivity contribution < 1.29 is 0 Å². The first-order chi connectivity index (χ1) is 6.50. The van der Waals surface area contributed by atoms with E-state index in [4.69, 9.17) is 11.6 Å². The van der Waals surface area contributed by atoms with Gasteiger partial charge in [0.2, 0.25) is 0 Å². The van der Waals surface area contributed by atoms with Crippen molar-refractivity contribution in [2.75, 3.05) is 0 Å². The van der Waals surface area contributed by atoms with E-state index in [2.05, 4.69) is 41.7 Å². The van der Waals surface area contributed by atoms with Gasteiger partial charge >= 0.3 is 0 Å². The van der Waals surface area contributed by atoms with Gasteiger partial charge in [-0.3, -0.25) is 0 Å². The third kappa shape index (κ3) is 3.44. The van der Waals surface area contributed by atoms with Crippen molar-refractivity contribution in [1.29, 1.82) is 0 Å². The average Bonchev–Trinajstić information content (AvgIpc) is 2.09. The summed E-state index contributed by atoms with van der Waals surface area (Å²) >= 11 is 11.1. The molecule has 1 aromatic heterocycles. The van der Waals surface area contributed by atoms with Crippen molar-refractivity contribution in [1.82, 2.24) is 4.98 Å². The number of aromatic nitrogens is 1. The quantitative estimate of drug-likeness (QED) is 0.754. The molecule has 0 spiro atoms. The Morgan fingerprint density at radius 3 is 2.57 bits per heavy atom. The van der Waals surface area contributed by atoms with Crippen molar-refractivity contribution in [3.63, 3.8) is 0 Å². The van der Waals surface area contributed by atoms with Gasteiger partial charge in [0, 0.05) is 15.9 Å². The van der Waals surface area contributed by atoms with Crippen molar-refractivity contribution in [3.8, 4) is 0 Å². The molecule has 0 aromatic carbocycles. The third-order valence-corrected chi connectivity index (χ3v) is 4.31. The zero-order valence-electron chi connectivity index (χ0n) is 8.42. The fourth-order valence-electron chi connectivity index (χ4n) is 0.801. The van der Waals surface area contributed by atoms with E-state index >= 15 is 0 Å². The van der Waals surface area contributed by atoms with Crippen molar-refractivity contribution >= 4 is 39.3 Å². The Labute approximate surface area is 103 Å². The topological polar surface area (TPSA) is 12.9 Å². The second-order valence-electron chi connectivity index (χ2n) is 3.51. The van der Waals surface area contributed by atoms with Crippen LogP contribution in [0.25, 0.3) is 0 Å². The molecule has 1 unspecified atom stereocenters. The van der Waals surface area contributed by atoms with Crippen LogP contribution in [0.1, 0.15) is 20.8 Å².